The molecule has 2 aromatic carbocycles. The van der Waals surface area contributed by atoms with Crippen molar-refractivity contribution in [2.75, 3.05) is 26.4 Å². The van der Waals surface area contributed by atoms with E-state index in [4.69, 9.17) is 19.2 Å². The van der Waals surface area contributed by atoms with E-state index in [9.17, 15) is 4.79 Å². The molecule has 1 aromatic heterocycles. The first-order chi connectivity index (χ1) is 15.5. The van der Waals surface area contributed by atoms with Crippen LogP contribution in [0.3, 0.4) is 0 Å². The van der Waals surface area contributed by atoms with Gasteiger partial charge in [0, 0.05) is 12.1 Å². The second-order valence-corrected chi connectivity index (χ2v) is 7.90. The largest absolute Gasteiger partial charge is 0.490 e. The summed E-state index contributed by atoms with van der Waals surface area (Å²) in [5, 5.41) is 0. The van der Waals surface area contributed by atoms with Gasteiger partial charge in [-0.2, -0.15) is 0 Å². The lowest BCUT2D eigenvalue weighted by atomic mass is 10.1. The number of H-pyrrole nitrogens is 1. The maximum atomic E-state index is 13.6. The Kier molecular flexibility index (Phi) is 6.53. The van der Waals surface area contributed by atoms with Crippen molar-refractivity contribution < 1.29 is 19.0 Å². The molecule has 1 aliphatic rings. The summed E-state index contributed by atoms with van der Waals surface area (Å²) in [6.45, 7) is 9.88. The van der Waals surface area contributed by atoms with Gasteiger partial charge >= 0.3 is 0 Å². The average Bonchev–Trinajstić information content (AvgIpc) is 3.42. The van der Waals surface area contributed by atoms with E-state index in [0.29, 0.717) is 49.2 Å². The number of aromatic amines is 1. The normalized spacial score (nSPS) is 15.9. The summed E-state index contributed by atoms with van der Waals surface area (Å²) in [4.78, 5) is 23.7. The first-order valence-corrected chi connectivity index (χ1v) is 11.4. The van der Waals surface area contributed by atoms with Crippen molar-refractivity contribution in [1.29, 1.82) is 0 Å². The van der Waals surface area contributed by atoms with E-state index in [1.165, 1.54) is 5.56 Å². The molecule has 1 fully saturated rings. The lowest BCUT2D eigenvalue weighted by Crippen LogP contribution is -2.31. The monoisotopic (exact) mass is 437 g/mol. The zero-order valence-corrected chi connectivity index (χ0v) is 19.2. The quantitative estimate of drug-likeness (QED) is 0.534. The molecule has 1 saturated heterocycles. The zero-order valence-electron chi connectivity index (χ0n) is 19.2. The number of aromatic nitrogens is 2. The third-order valence-corrected chi connectivity index (χ3v) is 5.64. The van der Waals surface area contributed by atoms with Crippen LogP contribution in [-0.4, -0.2) is 47.1 Å². The minimum absolute atomic E-state index is 0.0610. The van der Waals surface area contributed by atoms with Gasteiger partial charge in [-0.25, -0.2) is 4.98 Å². The second-order valence-electron chi connectivity index (χ2n) is 7.90. The molecule has 170 valence electrons. The summed E-state index contributed by atoms with van der Waals surface area (Å²) >= 11 is 0. The first kappa shape index (κ1) is 22.0. The van der Waals surface area contributed by atoms with Gasteiger partial charge in [0.1, 0.15) is 5.82 Å². The highest BCUT2D eigenvalue weighted by atomic mass is 16.5. The Morgan fingerprint density at radius 2 is 1.75 bits per heavy atom. The molecular formula is C25H31N3O4. The van der Waals surface area contributed by atoms with E-state index >= 15 is 0 Å². The van der Waals surface area contributed by atoms with Crippen molar-refractivity contribution in [3.05, 3.63) is 47.3 Å². The summed E-state index contributed by atoms with van der Waals surface area (Å²) in [7, 11) is 0. The lowest BCUT2D eigenvalue weighted by molar-refractivity contribution is 0.0729. The minimum atomic E-state index is -0.0899. The van der Waals surface area contributed by atoms with Crippen LogP contribution in [0.25, 0.3) is 11.0 Å². The number of ether oxygens (including phenoxy) is 3. The molecule has 0 bridgehead atoms. The van der Waals surface area contributed by atoms with E-state index in [0.717, 1.165) is 29.7 Å². The van der Waals surface area contributed by atoms with Crippen LogP contribution < -0.4 is 14.2 Å². The number of rotatable bonds is 8. The summed E-state index contributed by atoms with van der Waals surface area (Å²) in [5.74, 6) is 2.36. The summed E-state index contributed by atoms with van der Waals surface area (Å²) in [6.07, 6.45) is 1.80. The maximum Gasteiger partial charge on any atom is 0.254 e. The molecule has 1 atom stereocenters. The van der Waals surface area contributed by atoms with Crippen LogP contribution in [0.5, 0.6) is 17.2 Å². The predicted molar refractivity (Wildman–Crippen MR) is 124 cm³/mol. The standard InChI is InChI=1S/C25H31N3O4/c1-5-30-21-14-17(15-22(31-6-2)23(21)32-7-3)25(29)28-12-8-9-20(28)24-26-18-11-10-16(4)13-19(18)27-24/h10-11,13-15,20H,5-9,12H2,1-4H3,(H,26,27). The zero-order chi connectivity index (χ0) is 22.7. The van der Waals surface area contributed by atoms with Gasteiger partial charge in [-0.1, -0.05) is 6.07 Å². The van der Waals surface area contributed by atoms with Gasteiger partial charge in [-0.15, -0.1) is 0 Å². The molecule has 0 saturated carbocycles. The van der Waals surface area contributed by atoms with Gasteiger partial charge in [0.05, 0.1) is 36.9 Å². The van der Waals surface area contributed by atoms with Crippen molar-refractivity contribution in [1.82, 2.24) is 14.9 Å². The van der Waals surface area contributed by atoms with Crippen LogP contribution in [0, 0.1) is 6.92 Å². The molecule has 3 aromatic rings. The van der Waals surface area contributed by atoms with Gasteiger partial charge in [0.15, 0.2) is 11.5 Å². The number of nitrogens with one attached hydrogen (secondary N) is 1. The molecular weight excluding hydrogens is 406 g/mol. The molecule has 1 N–H and O–H groups in total. The lowest BCUT2D eigenvalue weighted by Gasteiger charge is -2.24. The van der Waals surface area contributed by atoms with Crippen molar-refractivity contribution in [2.45, 2.75) is 46.6 Å². The van der Waals surface area contributed by atoms with Crippen molar-refractivity contribution in [2.24, 2.45) is 0 Å². The van der Waals surface area contributed by atoms with Crippen LogP contribution in [0.1, 0.15) is 61.4 Å². The second kappa shape index (κ2) is 9.51. The Hall–Kier alpha value is -3.22. The number of carbonyl (C=O) groups excluding carboxylic acids is 1. The van der Waals surface area contributed by atoms with Crippen LogP contribution in [-0.2, 0) is 0 Å². The molecule has 2 heterocycles. The molecule has 1 unspecified atom stereocenters. The van der Waals surface area contributed by atoms with Crippen molar-refractivity contribution >= 4 is 16.9 Å². The van der Waals surface area contributed by atoms with Gasteiger partial charge in [-0.05, 0) is 70.4 Å². The SMILES string of the molecule is CCOc1cc(C(=O)N2CCCC2c2nc3ccc(C)cc3[nH]2)cc(OCC)c1OCC. The van der Waals surface area contributed by atoms with E-state index in [1.54, 1.807) is 12.1 Å². The molecule has 7 nitrogen and oxygen atoms in total. The number of nitrogens with zero attached hydrogens (tertiary/aromatic N) is 2. The molecule has 0 radical (unpaired) electrons. The van der Waals surface area contributed by atoms with Crippen LogP contribution in [0.4, 0.5) is 0 Å². The van der Waals surface area contributed by atoms with Gasteiger partial charge in [-0.3, -0.25) is 4.79 Å². The summed E-state index contributed by atoms with van der Waals surface area (Å²) in [5.41, 5.74) is 3.62. The number of fused-ring (bicyclic) bond motifs is 1. The number of amides is 1. The molecule has 1 aliphatic heterocycles. The minimum Gasteiger partial charge on any atom is -0.490 e. The number of carbonyl (C=O) groups is 1. The van der Waals surface area contributed by atoms with Crippen molar-refractivity contribution in [3.63, 3.8) is 0 Å². The average molecular weight is 438 g/mol. The van der Waals surface area contributed by atoms with E-state index in [-0.39, 0.29) is 11.9 Å². The number of imidazole rings is 1. The van der Waals surface area contributed by atoms with Crippen molar-refractivity contribution in [3.8, 4) is 17.2 Å². The Morgan fingerprint density at radius 1 is 1.06 bits per heavy atom. The topological polar surface area (TPSA) is 76.7 Å². The number of aryl methyl sites for hydroxylation is 1. The van der Waals surface area contributed by atoms with E-state index in [1.807, 2.05) is 31.7 Å². The third-order valence-electron chi connectivity index (χ3n) is 5.64. The predicted octanol–water partition coefficient (Wildman–Crippen LogP) is 5.04. The fraction of sp³-hybridized carbons (Fsp3) is 0.440. The Morgan fingerprint density at radius 3 is 2.41 bits per heavy atom. The molecule has 4 rings (SSSR count). The fourth-order valence-electron chi connectivity index (χ4n) is 4.27. The summed E-state index contributed by atoms with van der Waals surface area (Å²) in [6, 6.07) is 9.58. The number of benzene rings is 2. The maximum absolute atomic E-state index is 13.6. The highest BCUT2D eigenvalue weighted by Gasteiger charge is 2.33. The Balaban J connectivity index is 1.68. The smallest absolute Gasteiger partial charge is 0.254 e. The van der Waals surface area contributed by atoms with Crippen LogP contribution in [0.2, 0.25) is 0 Å². The van der Waals surface area contributed by atoms with Gasteiger partial charge < -0.3 is 24.1 Å². The van der Waals surface area contributed by atoms with E-state index in [2.05, 4.69) is 24.0 Å². The molecule has 0 aliphatic carbocycles. The highest BCUT2D eigenvalue weighted by Crippen LogP contribution is 2.41. The summed E-state index contributed by atoms with van der Waals surface area (Å²) < 4.78 is 17.4. The van der Waals surface area contributed by atoms with Crippen LogP contribution in [0.15, 0.2) is 30.3 Å². The van der Waals surface area contributed by atoms with Gasteiger partial charge in [0.2, 0.25) is 5.75 Å². The molecule has 32 heavy (non-hydrogen) atoms. The number of hydrogen-bond acceptors (Lipinski definition) is 5. The Bertz CT molecular complexity index is 1080. The van der Waals surface area contributed by atoms with Crippen LogP contribution >= 0.6 is 0 Å². The third kappa shape index (κ3) is 4.24. The Labute approximate surface area is 188 Å². The first-order valence-electron chi connectivity index (χ1n) is 11.4. The molecule has 1 amide bonds. The van der Waals surface area contributed by atoms with Gasteiger partial charge in [0.25, 0.3) is 5.91 Å². The molecule has 7 heteroatoms. The number of hydrogen-bond donors (Lipinski definition) is 1. The van der Waals surface area contributed by atoms with E-state index < -0.39 is 0 Å². The number of likely N-dealkylation sites (tertiary alicyclic amines) is 1. The fourth-order valence-corrected chi connectivity index (χ4v) is 4.27. The molecule has 0 spiro atoms. The highest BCUT2D eigenvalue weighted by molar-refractivity contribution is 5.96.